The summed E-state index contributed by atoms with van der Waals surface area (Å²) in [6, 6.07) is 5.91. The summed E-state index contributed by atoms with van der Waals surface area (Å²) in [5, 5.41) is 4.41. The SMILES string of the molecule is Cn1ccc(N2CCCC(N3CCC=C(c4cccnc4)C3)C2=O)n1. The van der Waals surface area contributed by atoms with Gasteiger partial charge >= 0.3 is 0 Å². The number of carbonyl (C=O) groups is 1. The fourth-order valence-corrected chi connectivity index (χ4v) is 3.76. The Morgan fingerprint density at radius 3 is 2.92 bits per heavy atom. The van der Waals surface area contributed by atoms with E-state index in [2.05, 4.69) is 27.1 Å². The van der Waals surface area contributed by atoms with Crippen LogP contribution >= 0.6 is 0 Å². The van der Waals surface area contributed by atoms with E-state index in [4.69, 9.17) is 0 Å². The van der Waals surface area contributed by atoms with E-state index in [0.29, 0.717) is 0 Å². The monoisotopic (exact) mass is 337 g/mol. The number of hydrogen-bond acceptors (Lipinski definition) is 4. The minimum Gasteiger partial charge on any atom is -0.294 e. The number of piperidine rings is 1. The van der Waals surface area contributed by atoms with Gasteiger partial charge < -0.3 is 0 Å². The second-order valence-electron chi connectivity index (χ2n) is 6.73. The van der Waals surface area contributed by atoms with Crippen LogP contribution in [0.25, 0.3) is 5.57 Å². The van der Waals surface area contributed by atoms with Crippen molar-refractivity contribution in [2.24, 2.45) is 7.05 Å². The van der Waals surface area contributed by atoms with Crippen molar-refractivity contribution in [1.29, 1.82) is 0 Å². The highest BCUT2D eigenvalue weighted by atomic mass is 16.2. The Hall–Kier alpha value is -2.47. The van der Waals surface area contributed by atoms with Gasteiger partial charge in [0.15, 0.2) is 5.82 Å². The van der Waals surface area contributed by atoms with Crippen LogP contribution in [0, 0.1) is 0 Å². The van der Waals surface area contributed by atoms with Crippen LogP contribution in [0.3, 0.4) is 0 Å². The molecule has 2 aromatic heterocycles. The number of rotatable bonds is 3. The lowest BCUT2D eigenvalue weighted by Gasteiger charge is -2.39. The van der Waals surface area contributed by atoms with Gasteiger partial charge in [-0.15, -0.1) is 0 Å². The summed E-state index contributed by atoms with van der Waals surface area (Å²) in [5.41, 5.74) is 2.42. The molecule has 2 aliphatic rings. The normalized spacial score (nSPS) is 22.1. The standard InChI is InChI=1S/C19H23N5O/c1-22-12-8-18(21-22)24-11-4-7-17(19(24)25)23-10-3-6-16(14-23)15-5-2-9-20-13-15/h2,5-6,8-9,12-13,17H,3-4,7,10-11,14H2,1H3. The predicted molar refractivity (Wildman–Crippen MR) is 97.0 cm³/mol. The van der Waals surface area contributed by atoms with Gasteiger partial charge in [0.1, 0.15) is 0 Å². The number of aryl methyl sites for hydroxylation is 1. The van der Waals surface area contributed by atoms with Crippen molar-refractivity contribution >= 4 is 17.3 Å². The van der Waals surface area contributed by atoms with Gasteiger partial charge in [0.05, 0.1) is 6.04 Å². The third kappa shape index (κ3) is 3.22. The lowest BCUT2D eigenvalue weighted by molar-refractivity contribution is -0.125. The average molecular weight is 337 g/mol. The highest BCUT2D eigenvalue weighted by Crippen LogP contribution is 2.27. The number of anilines is 1. The molecule has 0 saturated carbocycles. The van der Waals surface area contributed by atoms with Gasteiger partial charge in [-0.05, 0) is 36.5 Å². The zero-order valence-corrected chi connectivity index (χ0v) is 14.5. The third-order valence-corrected chi connectivity index (χ3v) is 5.04. The molecule has 1 fully saturated rings. The maximum Gasteiger partial charge on any atom is 0.245 e. The highest BCUT2D eigenvalue weighted by molar-refractivity contribution is 5.97. The van der Waals surface area contributed by atoms with Crippen LogP contribution in [0.4, 0.5) is 5.82 Å². The second kappa shape index (κ2) is 6.80. The molecular weight excluding hydrogens is 314 g/mol. The second-order valence-corrected chi connectivity index (χ2v) is 6.73. The number of hydrogen-bond donors (Lipinski definition) is 0. The summed E-state index contributed by atoms with van der Waals surface area (Å²) in [6.45, 7) is 2.49. The molecule has 0 aliphatic carbocycles. The molecule has 0 N–H and O–H groups in total. The molecule has 0 aromatic carbocycles. The van der Waals surface area contributed by atoms with E-state index in [0.717, 1.165) is 50.3 Å². The smallest absolute Gasteiger partial charge is 0.245 e. The van der Waals surface area contributed by atoms with Crippen molar-refractivity contribution in [2.75, 3.05) is 24.5 Å². The maximum absolute atomic E-state index is 13.1. The molecule has 4 rings (SSSR count). The van der Waals surface area contributed by atoms with Gasteiger partial charge in [-0.25, -0.2) is 0 Å². The van der Waals surface area contributed by atoms with Crippen LogP contribution in [-0.2, 0) is 11.8 Å². The number of amides is 1. The lowest BCUT2D eigenvalue weighted by Crippen LogP contribution is -2.53. The minimum atomic E-state index is -0.0591. The largest absolute Gasteiger partial charge is 0.294 e. The van der Waals surface area contributed by atoms with E-state index < -0.39 is 0 Å². The summed E-state index contributed by atoms with van der Waals surface area (Å²) in [7, 11) is 1.88. The van der Waals surface area contributed by atoms with E-state index in [-0.39, 0.29) is 11.9 Å². The first-order chi connectivity index (χ1) is 12.2. The molecule has 0 radical (unpaired) electrons. The molecule has 6 heteroatoms. The fraction of sp³-hybridized carbons (Fsp3) is 0.421. The Balaban J connectivity index is 1.51. The van der Waals surface area contributed by atoms with Crippen LogP contribution in [0.15, 0.2) is 42.9 Å². The third-order valence-electron chi connectivity index (χ3n) is 5.04. The summed E-state index contributed by atoms with van der Waals surface area (Å²) >= 11 is 0. The van der Waals surface area contributed by atoms with E-state index in [1.165, 1.54) is 5.57 Å². The van der Waals surface area contributed by atoms with Gasteiger partial charge in [-0.3, -0.25) is 24.3 Å². The van der Waals surface area contributed by atoms with Crippen molar-refractivity contribution in [3.63, 3.8) is 0 Å². The van der Waals surface area contributed by atoms with E-state index >= 15 is 0 Å². The number of nitrogens with zero attached hydrogens (tertiary/aromatic N) is 5. The lowest BCUT2D eigenvalue weighted by atomic mass is 9.97. The molecule has 0 spiro atoms. The minimum absolute atomic E-state index is 0.0591. The maximum atomic E-state index is 13.1. The van der Waals surface area contributed by atoms with Crippen LogP contribution in [-0.4, -0.2) is 51.2 Å². The zero-order valence-electron chi connectivity index (χ0n) is 14.5. The molecule has 0 bridgehead atoms. The molecule has 4 heterocycles. The first kappa shape index (κ1) is 16.0. The topological polar surface area (TPSA) is 54.3 Å². The van der Waals surface area contributed by atoms with Crippen LogP contribution in [0.5, 0.6) is 0 Å². The van der Waals surface area contributed by atoms with Gasteiger partial charge in [-0.2, -0.15) is 5.10 Å². The van der Waals surface area contributed by atoms with E-state index in [9.17, 15) is 4.79 Å². The first-order valence-corrected chi connectivity index (χ1v) is 8.87. The van der Waals surface area contributed by atoms with Crippen molar-refractivity contribution in [2.45, 2.75) is 25.3 Å². The summed E-state index contributed by atoms with van der Waals surface area (Å²) in [4.78, 5) is 21.5. The van der Waals surface area contributed by atoms with Gasteiger partial charge in [0.25, 0.3) is 0 Å². The molecule has 6 nitrogen and oxygen atoms in total. The van der Waals surface area contributed by atoms with Crippen molar-refractivity contribution in [3.8, 4) is 0 Å². The summed E-state index contributed by atoms with van der Waals surface area (Å²) < 4.78 is 1.75. The van der Waals surface area contributed by atoms with Gasteiger partial charge in [-0.1, -0.05) is 12.1 Å². The van der Waals surface area contributed by atoms with Crippen LogP contribution in [0.2, 0.25) is 0 Å². The molecule has 2 aromatic rings. The Morgan fingerprint density at radius 1 is 1.24 bits per heavy atom. The van der Waals surface area contributed by atoms with Crippen molar-refractivity contribution < 1.29 is 4.79 Å². The molecule has 1 atom stereocenters. The Kier molecular flexibility index (Phi) is 4.36. The Bertz CT molecular complexity index is 782. The Labute approximate surface area is 147 Å². The zero-order chi connectivity index (χ0) is 17.2. The average Bonchev–Trinajstić information content (AvgIpc) is 3.09. The predicted octanol–water partition coefficient (Wildman–Crippen LogP) is 2.10. The molecule has 1 unspecified atom stereocenters. The van der Waals surface area contributed by atoms with Crippen molar-refractivity contribution in [3.05, 3.63) is 48.4 Å². The first-order valence-electron chi connectivity index (χ1n) is 8.87. The molecule has 1 amide bonds. The van der Waals surface area contributed by atoms with E-state index in [1.807, 2.05) is 36.5 Å². The molecule has 25 heavy (non-hydrogen) atoms. The van der Waals surface area contributed by atoms with Gasteiger partial charge in [0.2, 0.25) is 5.91 Å². The molecule has 130 valence electrons. The fourth-order valence-electron chi connectivity index (χ4n) is 3.76. The van der Waals surface area contributed by atoms with Crippen LogP contribution < -0.4 is 4.90 Å². The van der Waals surface area contributed by atoms with Gasteiger partial charge in [0, 0.05) is 51.3 Å². The van der Waals surface area contributed by atoms with E-state index in [1.54, 1.807) is 10.9 Å². The number of carbonyl (C=O) groups excluding carboxylic acids is 1. The summed E-state index contributed by atoms with van der Waals surface area (Å²) in [6.07, 6.45) is 10.8. The highest BCUT2D eigenvalue weighted by Gasteiger charge is 2.35. The Morgan fingerprint density at radius 2 is 2.16 bits per heavy atom. The number of pyridine rings is 1. The summed E-state index contributed by atoms with van der Waals surface area (Å²) in [5.74, 6) is 0.939. The van der Waals surface area contributed by atoms with Crippen LogP contribution in [0.1, 0.15) is 24.8 Å². The quantitative estimate of drug-likeness (QED) is 0.861. The number of aromatic nitrogens is 3. The molecule has 2 aliphatic heterocycles. The molecular formula is C19H23N5O. The molecule has 1 saturated heterocycles. The van der Waals surface area contributed by atoms with Crippen molar-refractivity contribution in [1.82, 2.24) is 19.7 Å².